The molecular formula is C9H10F3NO3S. The van der Waals surface area contributed by atoms with Gasteiger partial charge in [-0.05, 0) is 23.9 Å². The zero-order valence-electron chi connectivity index (χ0n) is 8.58. The maximum absolute atomic E-state index is 11.7. The zero-order valence-corrected chi connectivity index (χ0v) is 9.40. The van der Waals surface area contributed by atoms with Crippen LogP contribution in [0.2, 0.25) is 0 Å². The van der Waals surface area contributed by atoms with Crippen LogP contribution in [0.25, 0.3) is 0 Å². The maximum Gasteiger partial charge on any atom is 0.441 e. The van der Waals surface area contributed by atoms with Gasteiger partial charge in [-0.3, -0.25) is 0 Å². The second kappa shape index (κ2) is 5.97. The van der Waals surface area contributed by atoms with E-state index < -0.39 is 11.5 Å². The Bertz CT molecular complexity index is 378. The lowest BCUT2D eigenvalue weighted by Crippen LogP contribution is -2.18. The number of carbonyl (C=O) groups is 1. The van der Waals surface area contributed by atoms with Gasteiger partial charge in [0.05, 0.1) is 6.54 Å². The van der Waals surface area contributed by atoms with Crippen LogP contribution in [0.5, 0.6) is 0 Å². The summed E-state index contributed by atoms with van der Waals surface area (Å²) in [6.07, 6.45) is 0. The van der Waals surface area contributed by atoms with E-state index in [0.29, 0.717) is 5.76 Å². The predicted octanol–water partition coefficient (Wildman–Crippen LogP) is 2.32. The van der Waals surface area contributed by atoms with Gasteiger partial charge in [0.2, 0.25) is 5.76 Å². The fraction of sp³-hybridized carbons (Fsp3) is 0.444. The molecular weight excluding hydrogens is 259 g/mol. The van der Waals surface area contributed by atoms with Crippen LogP contribution >= 0.6 is 11.8 Å². The topological polar surface area (TPSA) is 62.5 Å². The summed E-state index contributed by atoms with van der Waals surface area (Å²) in [5, 5.41) is 11.3. The van der Waals surface area contributed by atoms with Crippen molar-refractivity contribution in [2.45, 2.75) is 12.1 Å². The highest BCUT2D eigenvalue weighted by Crippen LogP contribution is 2.29. The first-order chi connectivity index (χ1) is 7.88. The molecule has 0 saturated heterocycles. The second-order valence-corrected chi connectivity index (χ2v) is 4.20. The summed E-state index contributed by atoms with van der Waals surface area (Å²) in [5.41, 5.74) is -4.22. The minimum Gasteiger partial charge on any atom is -0.475 e. The molecule has 1 heterocycles. The lowest BCUT2D eigenvalue weighted by molar-refractivity contribution is -0.0327. The van der Waals surface area contributed by atoms with E-state index in [2.05, 4.69) is 5.32 Å². The van der Waals surface area contributed by atoms with Crippen LogP contribution in [-0.4, -0.2) is 28.9 Å². The number of halogens is 3. The molecule has 1 aromatic rings. The Hall–Kier alpha value is -1.15. The normalized spacial score (nSPS) is 11.7. The lowest BCUT2D eigenvalue weighted by Gasteiger charge is -2.05. The molecule has 0 saturated carbocycles. The Morgan fingerprint density at radius 1 is 1.47 bits per heavy atom. The van der Waals surface area contributed by atoms with Crippen molar-refractivity contribution in [2.24, 2.45) is 0 Å². The molecule has 2 N–H and O–H groups in total. The van der Waals surface area contributed by atoms with Gasteiger partial charge in [0.25, 0.3) is 0 Å². The largest absolute Gasteiger partial charge is 0.475 e. The Morgan fingerprint density at radius 2 is 2.18 bits per heavy atom. The maximum atomic E-state index is 11.7. The zero-order chi connectivity index (χ0) is 12.9. The van der Waals surface area contributed by atoms with Crippen LogP contribution in [0.1, 0.15) is 16.3 Å². The molecule has 8 heteroatoms. The minimum atomic E-state index is -4.22. The van der Waals surface area contributed by atoms with Gasteiger partial charge in [0.15, 0.2) is 0 Å². The molecule has 0 bridgehead atoms. The number of hydrogen-bond acceptors (Lipinski definition) is 4. The molecule has 0 radical (unpaired) electrons. The van der Waals surface area contributed by atoms with E-state index >= 15 is 0 Å². The molecule has 0 aliphatic heterocycles. The number of hydrogen-bond donors (Lipinski definition) is 2. The Kier molecular flexibility index (Phi) is 4.88. The van der Waals surface area contributed by atoms with Gasteiger partial charge in [-0.25, -0.2) is 4.79 Å². The number of furan rings is 1. The van der Waals surface area contributed by atoms with Gasteiger partial charge >= 0.3 is 11.5 Å². The standard InChI is InChI=1S/C9H10F3NO3S/c10-9(11,12)17-4-3-13-5-6-1-2-7(16-6)8(14)15/h1-2,13H,3-5H2,(H,14,15). The van der Waals surface area contributed by atoms with Crippen molar-refractivity contribution < 1.29 is 27.5 Å². The van der Waals surface area contributed by atoms with Crippen LogP contribution in [-0.2, 0) is 6.54 Å². The van der Waals surface area contributed by atoms with Crippen molar-refractivity contribution in [3.8, 4) is 0 Å². The molecule has 1 aromatic heterocycles. The summed E-state index contributed by atoms with van der Waals surface area (Å²) in [5.74, 6) is -1.09. The molecule has 0 spiro atoms. The fourth-order valence-corrected chi connectivity index (χ4v) is 1.52. The molecule has 96 valence electrons. The number of carboxylic acids is 1. The van der Waals surface area contributed by atoms with Gasteiger partial charge in [-0.1, -0.05) is 0 Å². The van der Waals surface area contributed by atoms with Crippen molar-refractivity contribution in [1.29, 1.82) is 0 Å². The van der Waals surface area contributed by atoms with E-state index in [4.69, 9.17) is 9.52 Å². The summed E-state index contributed by atoms with van der Waals surface area (Å²) in [6, 6.07) is 2.76. The smallest absolute Gasteiger partial charge is 0.441 e. The van der Waals surface area contributed by atoms with Crippen molar-refractivity contribution in [3.05, 3.63) is 23.7 Å². The highest BCUT2D eigenvalue weighted by molar-refractivity contribution is 8.00. The molecule has 0 aliphatic rings. The van der Waals surface area contributed by atoms with Crippen molar-refractivity contribution >= 4 is 17.7 Å². The number of carboxylic acid groups (broad SMARTS) is 1. The van der Waals surface area contributed by atoms with Gasteiger partial charge in [-0.2, -0.15) is 13.2 Å². The predicted molar refractivity (Wildman–Crippen MR) is 55.9 cm³/mol. The second-order valence-electron chi connectivity index (χ2n) is 3.04. The van der Waals surface area contributed by atoms with Crippen LogP contribution < -0.4 is 5.32 Å². The van der Waals surface area contributed by atoms with Gasteiger partial charge in [0, 0.05) is 12.3 Å². The van der Waals surface area contributed by atoms with Crippen molar-refractivity contribution in [2.75, 3.05) is 12.3 Å². The van der Waals surface area contributed by atoms with Crippen LogP contribution in [0, 0.1) is 0 Å². The molecule has 0 unspecified atom stereocenters. The highest BCUT2D eigenvalue weighted by Gasteiger charge is 2.27. The van der Waals surface area contributed by atoms with Gasteiger partial charge in [0.1, 0.15) is 5.76 Å². The number of aromatic carboxylic acids is 1. The third kappa shape index (κ3) is 5.64. The third-order valence-electron chi connectivity index (χ3n) is 1.72. The van der Waals surface area contributed by atoms with E-state index in [-0.39, 0.29) is 36.4 Å². The molecule has 1 rings (SSSR count). The molecule has 4 nitrogen and oxygen atoms in total. The highest BCUT2D eigenvalue weighted by atomic mass is 32.2. The van der Waals surface area contributed by atoms with Crippen LogP contribution in [0.15, 0.2) is 16.5 Å². The number of thioether (sulfide) groups is 1. The molecule has 0 atom stereocenters. The van der Waals surface area contributed by atoms with E-state index in [1.165, 1.54) is 12.1 Å². The summed E-state index contributed by atoms with van der Waals surface area (Å²) < 4.78 is 40.1. The van der Waals surface area contributed by atoms with Gasteiger partial charge in [-0.15, -0.1) is 0 Å². The van der Waals surface area contributed by atoms with E-state index in [1.807, 2.05) is 0 Å². The molecule has 0 aromatic carbocycles. The van der Waals surface area contributed by atoms with E-state index in [1.54, 1.807) is 0 Å². The lowest BCUT2D eigenvalue weighted by atomic mass is 10.4. The first-order valence-corrected chi connectivity index (χ1v) is 5.60. The molecule has 0 amide bonds. The quantitative estimate of drug-likeness (QED) is 0.776. The van der Waals surface area contributed by atoms with Crippen molar-refractivity contribution in [1.82, 2.24) is 5.32 Å². The average Bonchev–Trinajstić information content (AvgIpc) is 2.64. The number of rotatable bonds is 6. The summed E-state index contributed by atoms with van der Waals surface area (Å²) >= 11 is -0.108. The first-order valence-electron chi connectivity index (χ1n) is 4.62. The first kappa shape index (κ1) is 13.9. The summed E-state index contributed by atoms with van der Waals surface area (Å²) in [4.78, 5) is 10.5. The Labute approximate surface area is 99.2 Å². The fourth-order valence-electron chi connectivity index (χ4n) is 1.04. The van der Waals surface area contributed by atoms with Crippen LogP contribution in [0.3, 0.4) is 0 Å². The van der Waals surface area contributed by atoms with Crippen molar-refractivity contribution in [3.63, 3.8) is 0 Å². The third-order valence-corrected chi connectivity index (χ3v) is 2.45. The molecule has 0 aliphatic carbocycles. The Morgan fingerprint density at radius 3 is 2.71 bits per heavy atom. The molecule has 0 fully saturated rings. The molecule has 17 heavy (non-hydrogen) atoms. The number of nitrogens with one attached hydrogen (secondary N) is 1. The Balaban J connectivity index is 2.20. The van der Waals surface area contributed by atoms with Gasteiger partial charge < -0.3 is 14.8 Å². The summed E-state index contributed by atoms with van der Waals surface area (Å²) in [7, 11) is 0. The summed E-state index contributed by atoms with van der Waals surface area (Å²) in [6.45, 7) is 0.360. The number of alkyl halides is 3. The minimum absolute atomic E-state index is 0.101. The monoisotopic (exact) mass is 269 g/mol. The SMILES string of the molecule is O=C(O)c1ccc(CNCCSC(F)(F)F)o1. The average molecular weight is 269 g/mol. The van der Waals surface area contributed by atoms with Crippen LogP contribution in [0.4, 0.5) is 13.2 Å². The van der Waals surface area contributed by atoms with E-state index in [0.717, 1.165) is 0 Å². The van der Waals surface area contributed by atoms with E-state index in [9.17, 15) is 18.0 Å².